The van der Waals surface area contributed by atoms with Crippen LogP contribution in [0, 0.1) is 0 Å². The second-order valence-electron chi connectivity index (χ2n) is 5.62. The molecule has 0 aliphatic heterocycles. The number of aromatic hydroxyl groups is 1. The molecule has 0 radical (unpaired) electrons. The Morgan fingerprint density at radius 1 is 1.32 bits per heavy atom. The van der Waals surface area contributed by atoms with Gasteiger partial charge >= 0.3 is 0 Å². The van der Waals surface area contributed by atoms with Crippen molar-refractivity contribution in [1.82, 2.24) is 5.32 Å². The SMILES string of the molecule is CCO[C@@H](CNC(C)(C)C)c1ccc(O)c(CO)c1. The van der Waals surface area contributed by atoms with E-state index >= 15 is 0 Å². The smallest absolute Gasteiger partial charge is 0.121 e. The van der Waals surface area contributed by atoms with Crippen LogP contribution in [0.5, 0.6) is 5.75 Å². The summed E-state index contributed by atoms with van der Waals surface area (Å²) in [7, 11) is 0. The maximum atomic E-state index is 9.59. The Morgan fingerprint density at radius 2 is 2.00 bits per heavy atom. The Balaban J connectivity index is 2.86. The lowest BCUT2D eigenvalue weighted by Gasteiger charge is -2.26. The molecule has 0 saturated heterocycles. The van der Waals surface area contributed by atoms with Crippen LogP contribution in [0.4, 0.5) is 0 Å². The number of phenols is 1. The lowest BCUT2D eigenvalue weighted by Crippen LogP contribution is -2.39. The molecule has 3 N–H and O–H groups in total. The zero-order valence-corrected chi connectivity index (χ0v) is 12.2. The van der Waals surface area contributed by atoms with E-state index in [1.807, 2.05) is 13.0 Å². The van der Waals surface area contributed by atoms with Crippen LogP contribution in [0.3, 0.4) is 0 Å². The molecular weight excluding hydrogens is 242 g/mol. The lowest BCUT2D eigenvalue weighted by molar-refractivity contribution is 0.0575. The minimum atomic E-state index is -0.175. The molecule has 1 aromatic carbocycles. The molecule has 0 heterocycles. The van der Waals surface area contributed by atoms with E-state index in [1.165, 1.54) is 0 Å². The van der Waals surface area contributed by atoms with Crippen molar-refractivity contribution in [2.45, 2.75) is 45.9 Å². The van der Waals surface area contributed by atoms with Crippen LogP contribution in [0.25, 0.3) is 0 Å². The van der Waals surface area contributed by atoms with Crippen LogP contribution in [-0.4, -0.2) is 28.9 Å². The van der Waals surface area contributed by atoms with Crippen molar-refractivity contribution in [3.63, 3.8) is 0 Å². The first-order chi connectivity index (χ1) is 8.87. The number of benzene rings is 1. The third kappa shape index (κ3) is 5.19. The van der Waals surface area contributed by atoms with E-state index in [0.29, 0.717) is 18.7 Å². The molecule has 0 aromatic heterocycles. The topological polar surface area (TPSA) is 61.7 Å². The number of ether oxygens (including phenoxy) is 1. The first kappa shape index (κ1) is 16.0. The number of aliphatic hydroxyl groups is 1. The fourth-order valence-electron chi connectivity index (χ4n) is 1.81. The van der Waals surface area contributed by atoms with Gasteiger partial charge in [-0.15, -0.1) is 0 Å². The Labute approximate surface area is 115 Å². The Kier molecular flexibility index (Phi) is 5.79. The summed E-state index contributed by atoms with van der Waals surface area (Å²) in [5.74, 6) is 0.116. The van der Waals surface area contributed by atoms with E-state index in [4.69, 9.17) is 4.74 Å². The van der Waals surface area contributed by atoms with Gasteiger partial charge in [-0.3, -0.25) is 0 Å². The second kappa shape index (κ2) is 6.89. The molecule has 1 rings (SSSR count). The third-order valence-corrected chi connectivity index (χ3v) is 2.83. The number of hydrogen-bond acceptors (Lipinski definition) is 4. The summed E-state index contributed by atoms with van der Waals surface area (Å²) in [6.07, 6.45) is -0.0878. The van der Waals surface area contributed by atoms with Gasteiger partial charge in [0.2, 0.25) is 0 Å². The van der Waals surface area contributed by atoms with Gasteiger partial charge in [0.25, 0.3) is 0 Å². The molecular formula is C15H25NO3. The highest BCUT2D eigenvalue weighted by Gasteiger charge is 2.17. The van der Waals surface area contributed by atoms with Gasteiger partial charge < -0.3 is 20.3 Å². The standard InChI is InChI=1S/C15H25NO3/c1-5-19-14(9-16-15(2,3)4)11-6-7-13(18)12(8-11)10-17/h6-8,14,16-18H,5,9-10H2,1-4H3/t14-/m0/s1. The maximum Gasteiger partial charge on any atom is 0.121 e. The van der Waals surface area contributed by atoms with E-state index in [2.05, 4.69) is 26.1 Å². The van der Waals surface area contributed by atoms with Crippen LogP contribution in [0.15, 0.2) is 18.2 Å². The van der Waals surface area contributed by atoms with E-state index in [1.54, 1.807) is 12.1 Å². The summed E-state index contributed by atoms with van der Waals surface area (Å²) in [5.41, 5.74) is 1.50. The van der Waals surface area contributed by atoms with Crippen molar-refractivity contribution in [3.8, 4) is 5.75 Å². The number of hydrogen-bond donors (Lipinski definition) is 3. The Hall–Kier alpha value is -1.10. The van der Waals surface area contributed by atoms with E-state index < -0.39 is 0 Å². The van der Waals surface area contributed by atoms with Gasteiger partial charge in [-0.05, 0) is 45.4 Å². The fraction of sp³-hybridized carbons (Fsp3) is 0.600. The quantitative estimate of drug-likeness (QED) is 0.740. The summed E-state index contributed by atoms with van der Waals surface area (Å²) >= 11 is 0. The first-order valence-corrected chi connectivity index (χ1v) is 6.66. The monoisotopic (exact) mass is 267 g/mol. The normalized spacial score (nSPS) is 13.5. The minimum absolute atomic E-state index is 0.0199. The van der Waals surface area contributed by atoms with E-state index in [0.717, 1.165) is 5.56 Å². The zero-order valence-electron chi connectivity index (χ0n) is 12.2. The van der Waals surface area contributed by atoms with Crippen molar-refractivity contribution < 1.29 is 14.9 Å². The largest absolute Gasteiger partial charge is 0.508 e. The van der Waals surface area contributed by atoms with Crippen LogP contribution in [0.1, 0.15) is 44.9 Å². The molecule has 0 aliphatic carbocycles. The summed E-state index contributed by atoms with van der Waals surface area (Å²) in [4.78, 5) is 0. The highest BCUT2D eigenvalue weighted by atomic mass is 16.5. The van der Waals surface area contributed by atoms with Gasteiger partial charge in [0.1, 0.15) is 5.75 Å². The number of nitrogens with one attached hydrogen (secondary N) is 1. The molecule has 108 valence electrons. The van der Waals surface area contributed by atoms with Crippen LogP contribution in [0.2, 0.25) is 0 Å². The Bertz CT molecular complexity index is 399. The number of rotatable bonds is 6. The molecule has 19 heavy (non-hydrogen) atoms. The van der Waals surface area contributed by atoms with Crippen molar-refractivity contribution in [2.24, 2.45) is 0 Å². The molecule has 0 unspecified atom stereocenters. The van der Waals surface area contributed by atoms with Crippen LogP contribution < -0.4 is 5.32 Å². The van der Waals surface area contributed by atoms with Crippen LogP contribution in [-0.2, 0) is 11.3 Å². The van der Waals surface area contributed by atoms with Crippen molar-refractivity contribution >= 4 is 0 Å². The molecule has 4 heteroatoms. The highest BCUT2D eigenvalue weighted by molar-refractivity contribution is 5.36. The summed E-state index contributed by atoms with van der Waals surface area (Å²) in [6.45, 7) is 9.39. The van der Waals surface area contributed by atoms with Gasteiger partial charge in [0.05, 0.1) is 12.7 Å². The predicted molar refractivity (Wildman–Crippen MR) is 76.2 cm³/mol. The molecule has 0 fully saturated rings. The minimum Gasteiger partial charge on any atom is -0.508 e. The van der Waals surface area contributed by atoms with E-state index in [9.17, 15) is 10.2 Å². The summed E-state index contributed by atoms with van der Waals surface area (Å²) in [6, 6.07) is 5.23. The fourth-order valence-corrected chi connectivity index (χ4v) is 1.81. The molecule has 0 bridgehead atoms. The van der Waals surface area contributed by atoms with Gasteiger partial charge in [0, 0.05) is 24.3 Å². The summed E-state index contributed by atoms with van der Waals surface area (Å²) in [5, 5.41) is 22.2. The Morgan fingerprint density at radius 3 is 2.53 bits per heavy atom. The molecule has 4 nitrogen and oxygen atoms in total. The molecule has 0 aliphatic rings. The third-order valence-electron chi connectivity index (χ3n) is 2.83. The average Bonchev–Trinajstić information content (AvgIpc) is 2.34. The van der Waals surface area contributed by atoms with Crippen molar-refractivity contribution in [2.75, 3.05) is 13.2 Å². The maximum absolute atomic E-state index is 9.59. The van der Waals surface area contributed by atoms with Gasteiger partial charge in [-0.2, -0.15) is 0 Å². The summed E-state index contributed by atoms with van der Waals surface area (Å²) < 4.78 is 5.74. The van der Waals surface area contributed by atoms with Gasteiger partial charge in [0.15, 0.2) is 0 Å². The molecule has 0 amide bonds. The molecule has 0 spiro atoms. The predicted octanol–water partition coefficient (Wildman–Crippen LogP) is 2.35. The molecule has 1 aromatic rings. The average molecular weight is 267 g/mol. The van der Waals surface area contributed by atoms with Gasteiger partial charge in [-0.1, -0.05) is 6.07 Å². The van der Waals surface area contributed by atoms with Crippen molar-refractivity contribution in [1.29, 1.82) is 0 Å². The first-order valence-electron chi connectivity index (χ1n) is 6.66. The highest BCUT2D eigenvalue weighted by Crippen LogP contribution is 2.24. The van der Waals surface area contributed by atoms with Crippen molar-refractivity contribution in [3.05, 3.63) is 29.3 Å². The van der Waals surface area contributed by atoms with Crippen LogP contribution >= 0.6 is 0 Å². The second-order valence-corrected chi connectivity index (χ2v) is 5.62. The molecule has 0 saturated carbocycles. The number of aliphatic hydroxyl groups excluding tert-OH is 1. The lowest BCUT2D eigenvalue weighted by atomic mass is 10.0. The van der Waals surface area contributed by atoms with Gasteiger partial charge in [-0.25, -0.2) is 0 Å². The van der Waals surface area contributed by atoms with E-state index in [-0.39, 0.29) is 24.0 Å². The molecule has 1 atom stereocenters. The zero-order chi connectivity index (χ0) is 14.5.